The van der Waals surface area contributed by atoms with Crippen LogP contribution in [0.15, 0.2) is 42.5 Å². The van der Waals surface area contributed by atoms with Crippen LogP contribution in [0.4, 0.5) is 18.9 Å². The van der Waals surface area contributed by atoms with E-state index < -0.39 is 23.6 Å². The van der Waals surface area contributed by atoms with Crippen molar-refractivity contribution in [3.05, 3.63) is 64.7 Å². The van der Waals surface area contributed by atoms with Crippen LogP contribution in [-0.4, -0.2) is 11.8 Å². The summed E-state index contributed by atoms with van der Waals surface area (Å²) in [4.78, 5) is 25.3. The number of rotatable bonds is 1. The fraction of sp³-hybridized carbons (Fsp3) is 0.125. The van der Waals surface area contributed by atoms with Gasteiger partial charge in [0.15, 0.2) is 0 Å². The zero-order chi connectivity index (χ0) is 16.1. The molecule has 1 aliphatic rings. The Morgan fingerprint density at radius 2 is 1.45 bits per heavy atom. The number of hydrogen-bond donors (Lipinski definition) is 0. The first-order valence-corrected chi connectivity index (χ1v) is 6.46. The molecule has 3 rings (SSSR count). The van der Waals surface area contributed by atoms with Gasteiger partial charge in [-0.25, -0.2) is 4.90 Å². The second-order valence-corrected chi connectivity index (χ2v) is 4.99. The Bertz CT molecular complexity index is 761. The van der Waals surface area contributed by atoms with Crippen LogP contribution in [0.2, 0.25) is 0 Å². The summed E-state index contributed by atoms with van der Waals surface area (Å²) in [5.74, 6) is -1.23. The first-order valence-electron chi connectivity index (χ1n) is 6.46. The monoisotopic (exact) mass is 305 g/mol. The van der Waals surface area contributed by atoms with Crippen LogP contribution < -0.4 is 4.90 Å². The number of imide groups is 1. The minimum Gasteiger partial charge on any atom is -0.268 e. The molecular formula is C16H10F3NO2. The second-order valence-electron chi connectivity index (χ2n) is 4.99. The Labute approximate surface area is 124 Å². The van der Waals surface area contributed by atoms with Crippen LogP contribution in [-0.2, 0) is 6.18 Å². The highest BCUT2D eigenvalue weighted by molar-refractivity contribution is 6.34. The minimum atomic E-state index is -4.54. The first kappa shape index (κ1) is 14.3. The molecule has 0 fully saturated rings. The average Bonchev–Trinajstić information content (AvgIpc) is 2.71. The maximum atomic E-state index is 13.0. The molecule has 0 saturated heterocycles. The van der Waals surface area contributed by atoms with Crippen molar-refractivity contribution in [1.29, 1.82) is 0 Å². The molecule has 0 radical (unpaired) electrons. The highest BCUT2D eigenvalue weighted by atomic mass is 19.4. The number of benzene rings is 2. The minimum absolute atomic E-state index is 0.0351. The van der Waals surface area contributed by atoms with Gasteiger partial charge in [-0.1, -0.05) is 18.2 Å². The van der Waals surface area contributed by atoms with E-state index in [1.54, 1.807) is 12.1 Å². The van der Waals surface area contributed by atoms with Gasteiger partial charge in [-0.3, -0.25) is 9.59 Å². The van der Waals surface area contributed by atoms with Crippen molar-refractivity contribution in [2.24, 2.45) is 0 Å². The normalized spacial score (nSPS) is 14.5. The number of alkyl halides is 3. The maximum absolute atomic E-state index is 13.0. The van der Waals surface area contributed by atoms with Crippen molar-refractivity contribution in [3.63, 3.8) is 0 Å². The summed E-state index contributed by atoms with van der Waals surface area (Å²) in [6.45, 7) is 1.33. The molecular weight excluding hydrogens is 295 g/mol. The highest BCUT2D eigenvalue weighted by Crippen LogP contribution is 2.36. The van der Waals surface area contributed by atoms with E-state index in [2.05, 4.69) is 0 Å². The summed E-state index contributed by atoms with van der Waals surface area (Å²) in [7, 11) is 0. The van der Waals surface area contributed by atoms with Crippen LogP contribution in [0.3, 0.4) is 0 Å². The maximum Gasteiger partial charge on any atom is 0.416 e. The molecule has 0 N–H and O–H groups in total. The third-order valence-electron chi connectivity index (χ3n) is 3.58. The molecule has 0 aromatic heterocycles. The van der Waals surface area contributed by atoms with Gasteiger partial charge in [0, 0.05) is 0 Å². The summed E-state index contributed by atoms with van der Waals surface area (Å²) < 4.78 is 39.0. The Kier molecular flexibility index (Phi) is 3.05. The number of carbonyl (C=O) groups is 2. The predicted molar refractivity (Wildman–Crippen MR) is 73.8 cm³/mol. The number of anilines is 1. The number of hydrogen-bond acceptors (Lipinski definition) is 2. The van der Waals surface area contributed by atoms with Gasteiger partial charge in [0.05, 0.1) is 22.4 Å². The molecule has 0 aliphatic carbocycles. The van der Waals surface area contributed by atoms with Gasteiger partial charge in [-0.05, 0) is 36.8 Å². The molecule has 0 saturated carbocycles. The molecule has 2 amide bonds. The molecule has 22 heavy (non-hydrogen) atoms. The van der Waals surface area contributed by atoms with Crippen molar-refractivity contribution in [1.82, 2.24) is 0 Å². The number of amides is 2. The van der Waals surface area contributed by atoms with Crippen LogP contribution in [0.25, 0.3) is 0 Å². The SMILES string of the molecule is Cc1ccc(N2C(=O)c3ccccc3C2=O)cc1C(F)(F)F. The number of fused-ring (bicyclic) bond motifs is 1. The molecule has 2 aromatic carbocycles. The first-order chi connectivity index (χ1) is 10.3. The van der Waals surface area contributed by atoms with Gasteiger partial charge < -0.3 is 0 Å². The van der Waals surface area contributed by atoms with Crippen molar-refractivity contribution < 1.29 is 22.8 Å². The van der Waals surface area contributed by atoms with E-state index >= 15 is 0 Å². The number of aryl methyl sites for hydroxylation is 1. The Hall–Kier alpha value is -2.63. The zero-order valence-electron chi connectivity index (χ0n) is 11.4. The molecule has 0 unspecified atom stereocenters. The summed E-state index contributed by atoms with van der Waals surface area (Å²) in [5, 5.41) is 0. The van der Waals surface area contributed by atoms with Crippen molar-refractivity contribution in [3.8, 4) is 0 Å². The molecule has 1 heterocycles. The third kappa shape index (κ3) is 2.07. The molecule has 0 spiro atoms. The Balaban J connectivity index is 2.11. The highest BCUT2D eigenvalue weighted by Gasteiger charge is 2.38. The molecule has 0 atom stereocenters. The largest absolute Gasteiger partial charge is 0.416 e. The van der Waals surface area contributed by atoms with Crippen LogP contribution in [0.5, 0.6) is 0 Å². The molecule has 0 bridgehead atoms. The Morgan fingerprint density at radius 1 is 0.909 bits per heavy atom. The molecule has 2 aromatic rings. The van der Waals surface area contributed by atoms with E-state index in [0.29, 0.717) is 0 Å². The lowest BCUT2D eigenvalue weighted by molar-refractivity contribution is -0.138. The lowest BCUT2D eigenvalue weighted by Crippen LogP contribution is -2.29. The fourth-order valence-electron chi connectivity index (χ4n) is 2.48. The summed E-state index contributed by atoms with van der Waals surface area (Å²) >= 11 is 0. The van der Waals surface area contributed by atoms with Gasteiger partial charge in [-0.15, -0.1) is 0 Å². The van der Waals surface area contributed by atoms with E-state index in [1.807, 2.05) is 0 Å². The predicted octanol–water partition coefficient (Wildman–Crippen LogP) is 3.81. The van der Waals surface area contributed by atoms with Gasteiger partial charge in [0.2, 0.25) is 0 Å². The van der Waals surface area contributed by atoms with Crippen molar-refractivity contribution >= 4 is 17.5 Å². The Morgan fingerprint density at radius 3 is 1.95 bits per heavy atom. The van der Waals surface area contributed by atoms with Crippen molar-refractivity contribution in [2.75, 3.05) is 4.90 Å². The average molecular weight is 305 g/mol. The molecule has 112 valence electrons. The molecule has 6 heteroatoms. The van der Waals surface area contributed by atoms with Crippen LogP contribution in [0.1, 0.15) is 31.8 Å². The zero-order valence-corrected chi connectivity index (χ0v) is 11.4. The summed E-state index contributed by atoms with van der Waals surface area (Å²) in [6, 6.07) is 9.58. The number of halogens is 3. The van der Waals surface area contributed by atoms with Gasteiger partial charge in [0.25, 0.3) is 11.8 Å². The second kappa shape index (κ2) is 4.69. The topological polar surface area (TPSA) is 37.4 Å². The third-order valence-corrected chi connectivity index (χ3v) is 3.58. The smallest absolute Gasteiger partial charge is 0.268 e. The van der Waals surface area contributed by atoms with E-state index in [1.165, 1.54) is 31.2 Å². The van der Waals surface area contributed by atoms with E-state index in [9.17, 15) is 22.8 Å². The quantitative estimate of drug-likeness (QED) is 0.751. The van der Waals surface area contributed by atoms with E-state index in [4.69, 9.17) is 0 Å². The molecule has 3 nitrogen and oxygen atoms in total. The van der Waals surface area contributed by atoms with Gasteiger partial charge in [0.1, 0.15) is 0 Å². The van der Waals surface area contributed by atoms with Gasteiger partial charge >= 0.3 is 6.18 Å². The van der Waals surface area contributed by atoms with Crippen molar-refractivity contribution in [2.45, 2.75) is 13.1 Å². The van der Waals surface area contributed by atoms with Crippen LogP contribution >= 0.6 is 0 Å². The summed E-state index contributed by atoms with van der Waals surface area (Å²) in [5.41, 5.74) is -0.512. The lowest BCUT2D eigenvalue weighted by atomic mass is 10.1. The summed E-state index contributed by atoms with van der Waals surface area (Å²) in [6.07, 6.45) is -4.54. The van der Waals surface area contributed by atoms with Crippen LogP contribution in [0, 0.1) is 6.92 Å². The lowest BCUT2D eigenvalue weighted by Gasteiger charge is -2.17. The molecule has 1 aliphatic heterocycles. The number of nitrogens with zero attached hydrogens (tertiary/aromatic N) is 1. The number of carbonyl (C=O) groups excluding carboxylic acids is 2. The standard InChI is InChI=1S/C16H10F3NO2/c1-9-6-7-10(8-13(9)16(17,18)19)20-14(21)11-4-2-3-5-12(11)15(20)22/h2-8H,1H3. The van der Waals surface area contributed by atoms with Gasteiger partial charge in [-0.2, -0.15) is 13.2 Å². The van der Waals surface area contributed by atoms with E-state index in [0.717, 1.165) is 11.0 Å². The fourth-order valence-corrected chi connectivity index (χ4v) is 2.48. The van der Waals surface area contributed by atoms with E-state index in [-0.39, 0.29) is 22.4 Å².